The maximum absolute atomic E-state index is 12.4. The van der Waals surface area contributed by atoms with Crippen LogP contribution in [-0.2, 0) is 0 Å². The van der Waals surface area contributed by atoms with Crippen LogP contribution < -0.4 is 15.0 Å². The number of hydrogen-bond donors (Lipinski definition) is 1. The van der Waals surface area contributed by atoms with Crippen LogP contribution in [0.5, 0.6) is 11.5 Å². The van der Waals surface area contributed by atoms with E-state index in [0.29, 0.717) is 31.7 Å². The molecule has 2 aromatic carbocycles. The van der Waals surface area contributed by atoms with Gasteiger partial charge in [-0.25, -0.2) is 4.79 Å². The highest BCUT2D eigenvalue weighted by molar-refractivity contribution is 14.1. The van der Waals surface area contributed by atoms with E-state index >= 15 is 0 Å². The van der Waals surface area contributed by atoms with Gasteiger partial charge in [0.2, 0.25) is 0 Å². The van der Waals surface area contributed by atoms with E-state index in [1.807, 2.05) is 34.7 Å². The number of methoxy groups -OCH3 is 1. The number of halogens is 1. The molecule has 0 aliphatic heterocycles. The molecule has 0 atom stereocenters. The van der Waals surface area contributed by atoms with Gasteiger partial charge >= 0.3 is 5.97 Å². The van der Waals surface area contributed by atoms with Gasteiger partial charge in [-0.3, -0.25) is 4.79 Å². The third-order valence-electron chi connectivity index (χ3n) is 4.02. The average molecular weight is 486 g/mol. The Kier molecular flexibility index (Phi) is 5.80. The van der Waals surface area contributed by atoms with Crippen molar-refractivity contribution in [3.8, 4) is 28.7 Å². The molecule has 0 spiro atoms. The van der Waals surface area contributed by atoms with Crippen molar-refractivity contribution >= 4 is 28.6 Å². The molecule has 3 rings (SSSR count). The quantitative estimate of drug-likeness (QED) is 0.341. The maximum Gasteiger partial charge on any atom is 0.343 e. The van der Waals surface area contributed by atoms with Gasteiger partial charge in [0.15, 0.2) is 11.5 Å². The monoisotopic (exact) mass is 486 g/mol. The van der Waals surface area contributed by atoms with Crippen molar-refractivity contribution in [1.29, 1.82) is 5.26 Å². The first kappa shape index (κ1) is 19.6. The number of carbonyl (C=O) groups excluding carboxylic acids is 1. The predicted octanol–water partition coefficient (Wildman–Crippen LogP) is 4.05. The second-order valence-corrected chi connectivity index (χ2v) is 7.09. The zero-order valence-corrected chi connectivity index (χ0v) is 17.2. The molecule has 0 fully saturated rings. The highest BCUT2D eigenvalue weighted by Gasteiger charge is 2.19. The summed E-state index contributed by atoms with van der Waals surface area (Å²) in [4.78, 5) is 27.1. The largest absolute Gasteiger partial charge is 0.493 e. The lowest BCUT2D eigenvalue weighted by Crippen LogP contribution is -2.13. The molecule has 0 bridgehead atoms. The topological polar surface area (TPSA) is 92.2 Å². The van der Waals surface area contributed by atoms with Gasteiger partial charge in [-0.05, 0) is 65.4 Å². The summed E-state index contributed by atoms with van der Waals surface area (Å²) in [5.41, 5.74) is 1.71. The summed E-state index contributed by atoms with van der Waals surface area (Å²) in [7, 11) is 1.46. The SMILES string of the molecule is COc1cc(-c2cc(C)[nH]c(=O)c2C#N)cc(I)c1OC(=O)c1ccccc1. The molecule has 28 heavy (non-hydrogen) atoms. The Bertz CT molecular complexity index is 1150. The molecule has 1 N–H and O–H groups in total. The van der Waals surface area contributed by atoms with Crippen molar-refractivity contribution in [2.24, 2.45) is 0 Å². The molecule has 0 amide bonds. The van der Waals surface area contributed by atoms with E-state index in [2.05, 4.69) is 4.98 Å². The number of H-pyrrole nitrogens is 1. The number of aryl methyl sites for hydroxylation is 1. The number of ether oxygens (including phenoxy) is 2. The fraction of sp³-hybridized carbons (Fsp3) is 0.0952. The summed E-state index contributed by atoms with van der Waals surface area (Å²) in [6.45, 7) is 1.74. The second-order valence-electron chi connectivity index (χ2n) is 5.93. The minimum absolute atomic E-state index is 0.0116. The first-order valence-corrected chi connectivity index (χ1v) is 9.31. The molecule has 140 valence electrons. The van der Waals surface area contributed by atoms with Crippen LogP contribution in [0.25, 0.3) is 11.1 Å². The normalized spacial score (nSPS) is 10.2. The fourth-order valence-electron chi connectivity index (χ4n) is 2.73. The van der Waals surface area contributed by atoms with E-state index in [-0.39, 0.29) is 11.3 Å². The Morgan fingerprint density at radius 1 is 1.18 bits per heavy atom. The van der Waals surface area contributed by atoms with Gasteiger partial charge in [0.25, 0.3) is 5.56 Å². The van der Waals surface area contributed by atoms with Crippen molar-refractivity contribution in [1.82, 2.24) is 4.98 Å². The summed E-state index contributed by atoms with van der Waals surface area (Å²) < 4.78 is 11.6. The van der Waals surface area contributed by atoms with Crippen LogP contribution in [0, 0.1) is 21.8 Å². The molecule has 0 aliphatic carbocycles. The van der Waals surface area contributed by atoms with Gasteiger partial charge in [-0.15, -0.1) is 0 Å². The lowest BCUT2D eigenvalue weighted by Gasteiger charge is -2.14. The van der Waals surface area contributed by atoms with Gasteiger partial charge in [-0.1, -0.05) is 18.2 Å². The summed E-state index contributed by atoms with van der Waals surface area (Å²) in [6, 6.07) is 15.7. The summed E-state index contributed by atoms with van der Waals surface area (Å²) in [5, 5.41) is 9.37. The number of nitrogens with one attached hydrogen (secondary N) is 1. The molecule has 0 saturated carbocycles. The third kappa shape index (κ3) is 3.92. The van der Waals surface area contributed by atoms with Crippen molar-refractivity contribution in [2.45, 2.75) is 6.92 Å². The number of rotatable bonds is 4. The van der Waals surface area contributed by atoms with Crippen LogP contribution in [0.3, 0.4) is 0 Å². The van der Waals surface area contributed by atoms with Crippen LogP contribution in [-0.4, -0.2) is 18.1 Å². The fourth-order valence-corrected chi connectivity index (χ4v) is 3.44. The molecule has 0 aliphatic rings. The molecule has 6 nitrogen and oxygen atoms in total. The predicted molar refractivity (Wildman–Crippen MR) is 113 cm³/mol. The number of nitrogens with zero attached hydrogens (tertiary/aromatic N) is 1. The molecule has 0 saturated heterocycles. The Labute approximate surface area is 174 Å². The number of benzene rings is 2. The minimum atomic E-state index is -0.505. The molecule has 7 heteroatoms. The third-order valence-corrected chi connectivity index (χ3v) is 4.83. The lowest BCUT2D eigenvalue weighted by molar-refractivity contribution is 0.0728. The highest BCUT2D eigenvalue weighted by atomic mass is 127. The summed E-state index contributed by atoms with van der Waals surface area (Å²) in [5.74, 6) is 0.100. The van der Waals surface area contributed by atoms with E-state index in [1.165, 1.54) is 7.11 Å². The number of esters is 1. The first-order valence-electron chi connectivity index (χ1n) is 8.23. The Morgan fingerprint density at radius 3 is 2.54 bits per heavy atom. The molecule has 0 unspecified atom stereocenters. The van der Waals surface area contributed by atoms with Gasteiger partial charge in [0, 0.05) is 11.3 Å². The van der Waals surface area contributed by atoms with Gasteiger partial charge in [0.1, 0.15) is 11.6 Å². The number of aromatic nitrogens is 1. The number of pyridine rings is 1. The van der Waals surface area contributed by atoms with Gasteiger partial charge in [0.05, 0.1) is 16.2 Å². The number of nitriles is 1. The van der Waals surface area contributed by atoms with E-state index in [9.17, 15) is 14.9 Å². The van der Waals surface area contributed by atoms with Crippen LogP contribution >= 0.6 is 22.6 Å². The molecular weight excluding hydrogens is 471 g/mol. The molecule has 0 radical (unpaired) electrons. The smallest absolute Gasteiger partial charge is 0.343 e. The number of aromatic amines is 1. The van der Waals surface area contributed by atoms with Crippen LogP contribution in [0.15, 0.2) is 53.3 Å². The first-order chi connectivity index (χ1) is 13.4. The van der Waals surface area contributed by atoms with Gasteiger partial charge < -0.3 is 14.5 Å². The van der Waals surface area contributed by atoms with Crippen molar-refractivity contribution in [3.05, 3.63) is 79.3 Å². The molecule has 1 heterocycles. The van der Waals surface area contributed by atoms with Crippen molar-refractivity contribution < 1.29 is 14.3 Å². The second kappa shape index (κ2) is 8.27. The van der Waals surface area contributed by atoms with Crippen molar-refractivity contribution in [2.75, 3.05) is 7.11 Å². The van der Waals surface area contributed by atoms with Crippen LogP contribution in [0.2, 0.25) is 0 Å². The van der Waals surface area contributed by atoms with Crippen LogP contribution in [0.1, 0.15) is 21.6 Å². The van der Waals surface area contributed by atoms with Crippen LogP contribution in [0.4, 0.5) is 0 Å². The maximum atomic E-state index is 12.4. The standard InChI is InChI=1S/C21H15IN2O4/c1-12-8-15(16(11-23)20(25)24-12)14-9-17(22)19(18(10-14)27-2)28-21(26)13-6-4-3-5-7-13/h3-10H,1-2H3,(H,24,25). The number of hydrogen-bond acceptors (Lipinski definition) is 5. The average Bonchev–Trinajstić information content (AvgIpc) is 2.69. The zero-order valence-electron chi connectivity index (χ0n) is 15.1. The van der Waals surface area contributed by atoms with E-state index < -0.39 is 11.5 Å². The van der Waals surface area contributed by atoms with E-state index in [0.717, 1.165) is 0 Å². The lowest BCUT2D eigenvalue weighted by atomic mass is 10.0. The zero-order chi connectivity index (χ0) is 20.3. The molecule has 3 aromatic rings. The summed E-state index contributed by atoms with van der Waals surface area (Å²) >= 11 is 2.03. The Hall–Kier alpha value is -3.12. The number of carbonyl (C=O) groups is 1. The van der Waals surface area contributed by atoms with E-state index in [1.54, 1.807) is 49.4 Å². The van der Waals surface area contributed by atoms with Gasteiger partial charge in [-0.2, -0.15) is 5.26 Å². The van der Waals surface area contributed by atoms with E-state index in [4.69, 9.17) is 9.47 Å². The molecular formula is C21H15IN2O4. The molecule has 1 aromatic heterocycles. The van der Waals surface area contributed by atoms with Crippen molar-refractivity contribution in [3.63, 3.8) is 0 Å². The Balaban J connectivity index is 2.08. The Morgan fingerprint density at radius 2 is 1.89 bits per heavy atom. The minimum Gasteiger partial charge on any atom is -0.493 e. The summed E-state index contributed by atoms with van der Waals surface area (Å²) in [6.07, 6.45) is 0. The highest BCUT2D eigenvalue weighted by Crippen LogP contribution is 2.38.